The summed E-state index contributed by atoms with van der Waals surface area (Å²) in [6.45, 7) is 0.777. The van der Waals surface area contributed by atoms with E-state index in [1.54, 1.807) is 19.9 Å². The first-order valence-electron chi connectivity index (χ1n) is 8.23. The lowest BCUT2D eigenvalue weighted by Crippen LogP contribution is -2.06. The predicted molar refractivity (Wildman–Crippen MR) is 102 cm³/mol. The molecule has 1 amide bonds. The number of benzene rings is 1. The fourth-order valence-electron chi connectivity index (χ4n) is 2.26. The Hall–Kier alpha value is -2.94. The first-order chi connectivity index (χ1) is 13.3. The van der Waals surface area contributed by atoms with Crippen LogP contribution in [-0.4, -0.2) is 32.2 Å². The van der Waals surface area contributed by atoms with E-state index in [2.05, 4.69) is 10.1 Å². The van der Waals surface area contributed by atoms with Crippen LogP contribution >= 0.6 is 11.3 Å². The minimum Gasteiger partial charge on any atom is -0.493 e. The smallest absolute Gasteiger partial charge is 0.387 e. The van der Waals surface area contributed by atoms with Gasteiger partial charge in [0.2, 0.25) is 5.91 Å². The molecule has 0 saturated heterocycles. The van der Waals surface area contributed by atoms with Crippen LogP contribution in [0.5, 0.6) is 11.5 Å². The van der Waals surface area contributed by atoms with Gasteiger partial charge in [-0.2, -0.15) is 8.78 Å². The number of aryl methyl sites for hydroxylation is 1. The van der Waals surface area contributed by atoms with Crippen LogP contribution in [0.2, 0.25) is 0 Å². The van der Waals surface area contributed by atoms with Crippen molar-refractivity contribution in [3.63, 3.8) is 0 Å². The Kier molecular flexibility index (Phi) is 7.51. The number of amides is 1. The van der Waals surface area contributed by atoms with E-state index in [0.717, 1.165) is 11.3 Å². The quantitative estimate of drug-likeness (QED) is 0.512. The third-order valence-electron chi connectivity index (χ3n) is 3.46. The maximum absolute atomic E-state index is 12.3. The van der Waals surface area contributed by atoms with E-state index in [1.807, 2.05) is 0 Å². The number of methoxy groups -OCH3 is 1. The van der Waals surface area contributed by atoms with Crippen molar-refractivity contribution in [1.82, 2.24) is 0 Å². The minimum absolute atomic E-state index is 0.0975. The summed E-state index contributed by atoms with van der Waals surface area (Å²) in [5.74, 6) is -0.821. The maximum atomic E-state index is 12.3. The van der Waals surface area contributed by atoms with Crippen LogP contribution in [0.1, 0.15) is 27.7 Å². The van der Waals surface area contributed by atoms with Gasteiger partial charge in [0.05, 0.1) is 18.7 Å². The molecule has 0 bridgehead atoms. The lowest BCUT2D eigenvalue weighted by atomic mass is 10.2. The molecule has 1 aromatic heterocycles. The zero-order valence-corrected chi connectivity index (χ0v) is 16.3. The number of ether oxygens (including phenoxy) is 3. The highest BCUT2D eigenvalue weighted by molar-refractivity contribution is 7.18. The van der Waals surface area contributed by atoms with Crippen molar-refractivity contribution in [1.29, 1.82) is 0 Å². The molecule has 6 nitrogen and oxygen atoms in total. The Morgan fingerprint density at radius 1 is 1.25 bits per heavy atom. The molecule has 0 atom stereocenters. The van der Waals surface area contributed by atoms with Crippen molar-refractivity contribution < 1.29 is 32.6 Å². The number of esters is 1. The largest absolute Gasteiger partial charge is 0.493 e. The number of anilines is 1. The molecule has 150 valence electrons. The molecule has 2 aromatic rings. The highest BCUT2D eigenvalue weighted by Crippen LogP contribution is 2.30. The fourth-order valence-corrected chi connectivity index (χ4v) is 3.23. The minimum atomic E-state index is -2.96. The molecule has 0 aliphatic carbocycles. The van der Waals surface area contributed by atoms with Crippen molar-refractivity contribution in [2.75, 3.05) is 19.0 Å². The van der Waals surface area contributed by atoms with Crippen molar-refractivity contribution in [3.8, 4) is 11.5 Å². The van der Waals surface area contributed by atoms with E-state index in [4.69, 9.17) is 9.47 Å². The Labute approximate surface area is 164 Å². The number of carbonyl (C=O) groups excluding carboxylic acids is 2. The molecule has 0 unspecified atom stereocenters. The number of hydrogen-bond donors (Lipinski definition) is 1. The molecule has 1 heterocycles. The van der Waals surface area contributed by atoms with Gasteiger partial charge in [-0.15, -0.1) is 11.3 Å². The third-order valence-corrected chi connectivity index (χ3v) is 4.59. The predicted octanol–water partition coefficient (Wildman–Crippen LogP) is 4.50. The molecular formula is C19H19F2NO5S. The number of alkyl halides is 2. The average Bonchev–Trinajstić information content (AvgIpc) is 3.00. The number of hydrogen-bond acceptors (Lipinski definition) is 6. The molecule has 9 heteroatoms. The van der Waals surface area contributed by atoms with Crippen LogP contribution in [0.15, 0.2) is 30.3 Å². The second-order valence-corrected chi connectivity index (χ2v) is 6.51. The standard InChI is InChI=1S/C19H19F2NO5S/c1-4-26-18(24)17-11(2)9-16(28-17)22-15(23)8-6-12-5-7-13(27-19(20)21)14(10-12)25-3/h5-10,19H,4H2,1-3H3,(H,22,23)/b8-6+. The molecular weight excluding hydrogens is 392 g/mol. The second-order valence-electron chi connectivity index (χ2n) is 5.45. The van der Waals surface area contributed by atoms with Gasteiger partial charge in [0.15, 0.2) is 11.5 Å². The van der Waals surface area contributed by atoms with Gasteiger partial charge in [-0.05, 0) is 49.2 Å². The Balaban J connectivity index is 2.06. The van der Waals surface area contributed by atoms with Crippen molar-refractivity contribution >= 4 is 34.3 Å². The molecule has 0 aliphatic heterocycles. The van der Waals surface area contributed by atoms with Crippen molar-refractivity contribution in [2.24, 2.45) is 0 Å². The first kappa shape index (κ1) is 21.4. The Morgan fingerprint density at radius 3 is 2.64 bits per heavy atom. The monoisotopic (exact) mass is 411 g/mol. The Morgan fingerprint density at radius 2 is 2.00 bits per heavy atom. The van der Waals surface area contributed by atoms with Crippen LogP contribution in [-0.2, 0) is 9.53 Å². The van der Waals surface area contributed by atoms with Crippen LogP contribution in [0.25, 0.3) is 6.08 Å². The molecule has 2 rings (SSSR count). The Bertz CT molecular complexity index is 879. The summed E-state index contributed by atoms with van der Waals surface area (Å²) in [4.78, 5) is 24.4. The summed E-state index contributed by atoms with van der Waals surface area (Å²) in [6.07, 6.45) is 2.78. The summed E-state index contributed by atoms with van der Waals surface area (Å²) in [6, 6.07) is 5.99. The van der Waals surface area contributed by atoms with Gasteiger partial charge in [0.25, 0.3) is 0 Å². The molecule has 28 heavy (non-hydrogen) atoms. The molecule has 1 aromatic carbocycles. The zero-order valence-electron chi connectivity index (χ0n) is 15.5. The number of rotatable bonds is 8. The van der Waals surface area contributed by atoms with Gasteiger partial charge in [0.1, 0.15) is 4.88 Å². The van der Waals surface area contributed by atoms with E-state index >= 15 is 0 Å². The van der Waals surface area contributed by atoms with E-state index < -0.39 is 18.5 Å². The molecule has 1 N–H and O–H groups in total. The third kappa shape index (κ3) is 5.78. The highest BCUT2D eigenvalue weighted by atomic mass is 32.1. The summed E-state index contributed by atoms with van der Waals surface area (Å²) < 4.78 is 39.0. The number of carbonyl (C=O) groups is 2. The SMILES string of the molecule is CCOC(=O)c1sc(NC(=O)/C=C/c2ccc(OC(F)F)c(OC)c2)cc1C. The molecule has 0 saturated carbocycles. The topological polar surface area (TPSA) is 73.9 Å². The fraction of sp³-hybridized carbons (Fsp3) is 0.263. The van der Waals surface area contributed by atoms with E-state index in [1.165, 1.54) is 37.5 Å². The van der Waals surface area contributed by atoms with Gasteiger partial charge in [-0.1, -0.05) is 6.07 Å². The van der Waals surface area contributed by atoms with E-state index in [-0.39, 0.29) is 18.1 Å². The average molecular weight is 411 g/mol. The summed E-state index contributed by atoms with van der Waals surface area (Å²) in [5.41, 5.74) is 1.27. The van der Waals surface area contributed by atoms with Gasteiger partial charge in [-0.3, -0.25) is 4.79 Å². The highest BCUT2D eigenvalue weighted by Gasteiger charge is 2.15. The van der Waals surface area contributed by atoms with E-state index in [9.17, 15) is 18.4 Å². The summed E-state index contributed by atoms with van der Waals surface area (Å²) in [7, 11) is 1.33. The molecule has 0 aliphatic rings. The van der Waals surface area contributed by atoms with Gasteiger partial charge in [0, 0.05) is 6.08 Å². The van der Waals surface area contributed by atoms with Crippen LogP contribution in [0.4, 0.5) is 13.8 Å². The summed E-state index contributed by atoms with van der Waals surface area (Å²) in [5, 5.41) is 3.17. The normalized spacial score (nSPS) is 10.9. The van der Waals surface area contributed by atoms with Gasteiger partial charge < -0.3 is 19.5 Å². The van der Waals surface area contributed by atoms with Gasteiger partial charge >= 0.3 is 12.6 Å². The van der Waals surface area contributed by atoms with Crippen LogP contribution in [0.3, 0.4) is 0 Å². The number of thiophene rings is 1. The lowest BCUT2D eigenvalue weighted by molar-refractivity contribution is -0.111. The lowest BCUT2D eigenvalue weighted by Gasteiger charge is -2.10. The molecule has 0 spiro atoms. The zero-order chi connectivity index (χ0) is 20.7. The van der Waals surface area contributed by atoms with Crippen LogP contribution < -0.4 is 14.8 Å². The number of halogens is 2. The first-order valence-corrected chi connectivity index (χ1v) is 9.05. The van der Waals surface area contributed by atoms with Crippen LogP contribution in [0, 0.1) is 6.92 Å². The molecule has 0 radical (unpaired) electrons. The second kappa shape index (κ2) is 9.84. The summed E-state index contributed by atoms with van der Waals surface area (Å²) >= 11 is 1.12. The number of nitrogens with one attached hydrogen (secondary N) is 1. The van der Waals surface area contributed by atoms with Gasteiger partial charge in [-0.25, -0.2) is 4.79 Å². The van der Waals surface area contributed by atoms with Crippen molar-refractivity contribution in [3.05, 3.63) is 46.3 Å². The van der Waals surface area contributed by atoms with E-state index in [0.29, 0.717) is 21.0 Å². The maximum Gasteiger partial charge on any atom is 0.387 e. The van der Waals surface area contributed by atoms with Crippen molar-refractivity contribution in [2.45, 2.75) is 20.5 Å². The molecule has 0 fully saturated rings.